The Balaban J connectivity index is 2.08. The summed E-state index contributed by atoms with van der Waals surface area (Å²) in [5.41, 5.74) is 0.905. The van der Waals surface area contributed by atoms with E-state index in [1.165, 1.54) is 0 Å². The molecule has 2 aromatic heterocycles. The highest BCUT2D eigenvalue weighted by Gasteiger charge is 2.11. The zero-order valence-electron chi connectivity index (χ0n) is 10.7. The third-order valence-electron chi connectivity index (χ3n) is 3.15. The van der Waals surface area contributed by atoms with Gasteiger partial charge in [0.25, 0.3) is 0 Å². The molecule has 92 valence electrons. The highest BCUT2D eigenvalue weighted by Crippen LogP contribution is 2.07. The molecule has 17 heavy (non-hydrogen) atoms. The van der Waals surface area contributed by atoms with Gasteiger partial charge in [-0.25, -0.2) is 0 Å². The van der Waals surface area contributed by atoms with Crippen molar-refractivity contribution in [3.8, 4) is 0 Å². The van der Waals surface area contributed by atoms with Crippen LogP contribution >= 0.6 is 0 Å². The largest absolute Gasteiger partial charge is 0.307 e. The van der Waals surface area contributed by atoms with Crippen LogP contribution in [0, 0.1) is 5.92 Å². The maximum absolute atomic E-state index is 4.21. The van der Waals surface area contributed by atoms with Crippen molar-refractivity contribution in [3.05, 3.63) is 30.2 Å². The normalized spacial score (nSPS) is 13.4. The average molecular weight is 232 g/mol. The first-order valence-corrected chi connectivity index (χ1v) is 6.24. The number of nitrogens with zero attached hydrogens (tertiary/aromatic N) is 3. The molecule has 4 heteroatoms. The van der Waals surface area contributed by atoms with Crippen molar-refractivity contribution in [1.29, 1.82) is 0 Å². The van der Waals surface area contributed by atoms with E-state index in [-0.39, 0.29) is 0 Å². The fourth-order valence-corrected chi connectivity index (χ4v) is 2.09. The van der Waals surface area contributed by atoms with Crippen LogP contribution in [0.2, 0.25) is 0 Å². The van der Waals surface area contributed by atoms with Crippen LogP contribution < -0.4 is 5.32 Å². The summed E-state index contributed by atoms with van der Waals surface area (Å²) < 4.78 is 2.03. The van der Waals surface area contributed by atoms with Gasteiger partial charge in [-0.2, -0.15) is 0 Å². The van der Waals surface area contributed by atoms with Gasteiger partial charge in [0.05, 0.1) is 6.54 Å². The fraction of sp³-hybridized carbons (Fsp3) is 0.538. The van der Waals surface area contributed by atoms with Crippen molar-refractivity contribution in [2.75, 3.05) is 0 Å². The first kappa shape index (κ1) is 12.0. The summed E-state index contributed by atoms with van der Waals surface area (Å²) in [7, 11) is 0. The van der Waals surface area contributed by atoms with Crippen molar-refractivity contribution < 1.29 is 0 Å². The first-order chi connectivity index (χ1) is 8.22. The molecule has 0 aromatic carbocycles. The van der Waals surface area contributed by atoms with Crippen molar-refractivity contribution in [1.82, 2.24) is 19.9 Å². The summed E-state index contributed by atoms with van der Waals surface area (Å²) in [5, 5.41) is 11.9. The number of pyridine rings is 1. The standard InChI is InChI=1S/C13H20N4/c1-4-11(10(2)3)14-9-13-16-15-12-7-5-6-8-17(12)13/h5-8,10-11,14H,4,9H2,1-3H3/t11-/m0/s1. The molecule has 2 heterocycles. The van der Waals surface area contributed by atoms with Gasteiger partial charge < -0.3 is 5.32 Å². The van der Waals surface area contributed by atoms with E-state index in [1.807, 2.05) is 28.8 Å². The van der Waals surface area contributed by atoms with Gasteiger partial charge in [-0.05, 0) is 24.5 Å². The minimum absolute atomic E-state index is 0.533. The first-order valence-electron chi connectivity index (χ1n) is 6.24. The van der Waals surface area contributed by atoms with Gasteiger partial charge in [0.15, 0.2) is 11.5 Å². The second kappa shape index (κ2) is 5.27. The van der Waals surface area contributed by atoms with Crippen LogP contribution in [0.25, 0.3) is 5.65 Å². The van der Waals surface area contributed by atoms with E-state index in [9.17, 15) is 0 Å². The molecule has 0 spiro atoms. The van der Waals surface area contributed by atoms with Gasteiger partial charge >= 0.3 is 0 Å². The molecule has 0 radical (unpaired) electrons. The van der Waals surface area contributed by atoms with E-state index in [2.05, 4.69) is 36.3 Å². The quantitative estimate of drug-likeness (QED) is 0.859. The minimum Gasteiger partial charge on any atom is -0.307 e. The predicted octanol–water partition coefficient (Wildman–Crippen LogP) is 2.25. The molecule has 0 amide bonds. The fourth-order valence-electron chi connectivity index (χ4n) is 2.09. The number of hydrogen-bond donors (Lipinski definition) is 1. The molecule has 1 N–H and O–H groups in total. The molecule has 2 rings (SSSR count). The van der Waals surface area contributed by atoms with Crippen LogP contribution in [0.1, 0.15) is 33.0 Å². The number of aromatic nitrogens is 3. The number of hydrogen-bond acceptors (Lipinski definition) is 3. The molecule has 0 fully saturated rings. The van der Waals surface area contributed by atoms with Crippen molar-refractivity contribution >= 4 is 5.65 Å². The van der Waals surface area contributed by atoms with Crippen molar-refractivity contribution in [2.24, 2.45) is 5.92 Å². The maximum atomic E-state index is 4.21. The summed E-state index contributed by atoms with van der Waals surface area (Å²) in [6.07, 6.45) is 3.14. The second-order valence-corrected chi connectivity index (χ2v) is 4.68. The molecule has 4 nitrogen and oxygen atoms in total. The third kappa shape index (κ3) is 2.64. The molecule has 0 unspecified atom stereocenters. The van der Waals surface area contributed by atoms with E-state index >= 15 is 0 Å². The molecule has 0 bridgehead atoms. The van der Waals surface area contributed by atoms with Gasteiger partial charge in [0.1, 0.15) is 0 Å². The minimum atomic E-state index is 0.533. The van der Waals surface area contributed by atoms with Crippen LogP contribution in [0.15, 0.2) is 24.4 Å². The van der Waals surface area contributed by atoms with E-state index in [0.717, 1.165) is 24.4 Å². The summed E-state index contributed by atoms with van der Waals surface area (Å²) in [5.74, 6) is 1.61. The molecule has 0 aliphatic heterocycles. The van der Waals surface area contributed by atoms with Gasteiger partial charge in [0, 0.05) is 12.2 Å². The number of rotatable bonds is 5. The molecular weight excluding hydrogens is 212 g/mol. The Bertz CT molecular complexity index is 475. The molecule has 0 aliphatic rings. The molecular formula is C13H20N4. The lowest BCUT2D eigenvalue weighted by Crippen LogP contribution is -2.33. The SMILES string of the molecule is CC[C@H](NCc1nnc2ccccn12)C(C)C. The Labute approximate surface area is 102 Å². The molecule has 0 saturated carbocycles. The zero-order chi connectivity index (χ0) is 12.3. The zero-order valence-corrected chi connectivity index (χ0v) is 10.7. The van der Waals surface area contributed by atoms with Gasteiger partial charge in [0.2, 0.25) is 0 Å². The lowest BCUT2D eigenvalue weighted by Gasteiger charge is -2.20. The Morgan fingerprint density at radius 1 is 1.29 bits per heavy atom. The Morgan fingerprint density at radius 2 is 2.12 bits per heavy atom. The maximum Gasteiger partial charge on any atom is 0.160 e. The average Bonchev–Trinajstić information content (AvgIpc) is 2.73. The third-order valence-corrected chi connectivity index (χ3v) is 3.15. The van der Waals surface area contributed by atoms with Gasteiger partial charge in [-0.1, -0.05) is 26.8 Å². The van der Waals surface area contributed by atoms with Crippen LogP contribution in [0.5, 0.6) is 0 Å². The number of fused-ring (bicyclic) bond motifs is 1. The van der Waals surface area contributed by atoms with Gasteiger partial charge in [-0.15, -0.1) is 10.2 Å². The van der Waals surface area contributed by atoms with Crippen LogP contribution in [-0.2, 0) is 6.54 Å². The lowest BCUT2D eigenvalue weighted by molar-refractivity contribution is 0.383. The van der Waals surface area contributed by atoms with E-state index in [0.29, 0.717) is 12.0 Å². The Hall–Kier alpha value is -1.42. The number of nitrogens with one attached hydrogen (secondary N) is 1. The highest BCUT2D eigenvalue weighted by molar-refractivity contribution is 5.36. The van der Waals surface area contributed by atoms with E-state index < -0.39 is 0 Å². The smallest absolute Gasteiger partial charge is 0.160 e. The molecule has 0 aliphatic carbocycles. The summed E-state index contributed by atoms with van der Waals surface area (Å²) >= 11 is 0. The lowest BCUT2D eigenvalue weighted by atomic mass is 10.0. The Kier molecular flexibility index (Phi) is 3.74. The summed E-state index contributed by atoms with van der Waals surface area (Å²) in [4.78, 5) is 0. The highest BCUT2D eigenvalue weighted by atomic mass is 15.3. The molecule has 0 saturated heterocycles. The summed E-state index contributed by atoms with van der Waals surface area (Å²) in [6.45, 7) is 7.45. The van der Waals surface area contributed by atoms with Gasteiger partial charge in [-0.3, -0.25) is 4.40 Å². The monoisotopic (exact) mass is 232 g/mol. The van der Waals surface area contributed by atoms with E-state index in [4.69, 9.17) is 0 Å². The second-order valence-electron chi connectivity index (χ2n) is 4.68. The molecule has 1 atom stereocenters. The van der Waals surface area contributed by atoms with Crippen molar-refractivity contribution in [2.45, 2.75) is 39.8 Å². The predicted molar refractivity (Wildman–Crippen MR) is 68.7 cm³/mol. The van der Waals surface area contributed by atoms with E-state index in [1.54, 1.807) is 0 Å². The van der Waals surface area contributed by atoms with Crippen LogP contribution in [-0.4, -0.2) is 20.6 Å². The van der Waals surface area contributed by atoms with Crippen molar-refractivity contribution in [3.63, 3.8) is 0 Å². The topological polar surface area (TPSA) is 42.2 Å². The van der Waals surface area contributed by atoms with Crippen LogP contribution in [0.3, 0.4) is 0 Å². The Morgan fingerprint density at radius 3 is 2.82 bits per heavy atom. The summed E-state index contributed by atoms with van der Waals surface area (Å²) in [6, 6.07) is 6.48. The molecule has 2 aromatic rings. The van der Waals surface area contributed by atoms with Crippen LogP contribution in [0.4, 0.5) is 0 Å².